The highest BCUT2D eigenvalue weighted by Gasteiger charge is 2.19. The molecule has 0 amide bonds. The van der Waals surface area contributed by atoms with E-state index in [1.165, 1.54) is 11.8 Å². The molecule has 0 spiro atoms. The molecule has 0 radical (unpaired) electrons. The highest BCUT2D eigenvalue weighted by Crippen LogP contribution is 2.30. The Morgan fingerprint density at radius 3 is 2.75 bits per heavy atom. The van der Waals surface area contributed by atoms with Gasteiger partial charge in [0.05, 0.1) is 0 Å². The predicted octanol–water partition coefficient (Wildman–Crippen LogP) is 2.88. The summed E-state index contributed by atoms with van der Waals surface area (Å²) in [6.07, 6.45) is 2.03. The summed E-state index contributed by atoms with van der Waals surface area (Å²) in [6, 6.07) is 0. The van der Waals surface area contributed by atoms with Gasteiger partial charge in [-0.05, 0) is 23.7 Å². The molecule has 1 fully saturated rings. The Kier molecular flexibility index (Phi) is 3.72. The number of thioether (sulfide) groups is 1. The van der Waals surface area contributed by atoms with Crippen LogP contribution >= 0.6 is 24.4 Å². The zero-order valence-corrected chi connectivity index (χ0v) is 9.17. The van der Waals surface area contributed by atoms with Crippen molar-refractivity contribution >= 4 is 29.5 Å². The van der Waals surface area contributed by atoms with E-state index in [0.717, 1.165) is 29.1 Å². The molecule has 0 bridgehead atoms. The summed E-state index contributed by atoms with van der Waals surface area (Å²) in [4.78, 5) is 12.4. The molecule has 12 heavy (non-hydrogen) atoms. The van der Waals surface area contributed by atoms with Gasteiger partial charge in [-0.2, -0.15) is 0 Å². The first-order valence-corrected chi connectivity index (χ1v) is 5.65. The number of carbonyl (C=O) groups is 1. The Bertz CT molecular complexity index is 219. The lowest BCUT2D eigenvalue weighted by atomic mass is 10.1. The topological polar surface area (TPSA) is 17.1 Å². The molecule has 0 saturated carbocycles. The van der Waals surface area contributed by atoms with Gasteiger partial charge in [0.25, 0.3) is 0 Å². The maximum absolute atomic E-state index is 11.4. The molecular weight excluding hydrogens is 188 g/mol. The summed E-state index contributed by atoms with van der Waals surface area (Å²) in [7, 11) is 0. The smallest absolute Gasteiger partial charge is 0.216 e. The van der Waals surface area contributed by atoms with Crippen molar-refractivity contribution in [3.63, 3.8) is 0 Å². The molecule has 1 heterocycles. The highest BCUT2D eigenvalue weighted by atomic mass is 32.2. The van der Waals surface area contributed by atoms with Gasteiger partial charge in [0, 0.05) is 11.3 Å². The fourth-order valence-corrected chi connectivity index (χ4v) is 2.33. The summed E-state index contributed by atoms with van der Waals surface area (Å²) >= 11 is 5.80. The lowest BCUT2D eigenvalue weighted by Crippen LogP contribution is -2.09. The van der Waals surface area contributed by atoms with Crippen molar-refractivity contribution in [2.75, 3.05) is 5.75 Å². The molecule has 0 aromatic heterocycles. The average molecular weight is 202 g/mol. The van der Waals surface area contributed by atoms with Crippen LogP contribution in [0.4, 0.5) is 0 Å². The minimum absolute atomic E-state index is 0.236. The summed E-state index contributed by atoms with van der Waals surface area (Å²) in [5.74, 6) is 1.35. The Morgan fingerprint density at radius 1 is 1.58 bits per heavy atom. The van der Waals surface area contributed by atoms with Crippen molar-refractivity contribution in [1.29, 1.82) is 0 Å². The predicted molar refractivity (Wildman–Crippen MR) is 57.5 cm³/mol. The first-order chi connectivity index (χ1) is 5.63. The Morgan fingerprint density at radius 2 is 2.25 bits per heavy atom. The second kappa shape index (κ2) is 4.38. The molecule has 3 heteroatoms. The van der Waals surface area contributed by atoms with Gasteiger partial charge < -0.3 is 0 Å². The molecule has 68 valence electrons. The average Bonchev–Trinajstić information content (AvgIpc) is 2.04. The van der Waals surface area contributed by atoms with Crippen molar-refractivity contribution < 1.29 is 4.79 Å². The molecule has 1 aliphatic rings. The molecule has 1 nitrogen and oxygen atoms in total. The van der Waals surface area contributed by atoms with Crippen LogP contribution < -0.4 is 0 Å². The summed E-state index contributed by atoms with van der Waals surface area (Å²) in [5.41, 5.74) is 0.949. The number of hydrogen-bond acceptors (Lipinski definition) is 3. The standard InChI is InChI=1S/C9H14OS2/c1-6(2)8(11)7-4-3-5-12-9(7)10/h6,11H,3-5H2,1-2H3/b8-7-. The molecule has 0 unspecified atom stereocenters. The van der Waals surface area contributed by atoms with Crippen LogP contribution in [-0.4, -0.2) is 10.9 Å². The number of rotatable bonds is 1. The lowest BCUT2D eigenvalue weighted by Gasteiger charge is -2.16. The molecular formula is C9H14OS2. The van der Waals surface area contributed by atoms with Gasteiger partial charge in [0.2, 0.25) is 5.12 Å². The minimum Gasteiger partial charge on any atom is -0.282 e. The maximum atomic E-state index is 11.4. The third-order valence-electron chi connectivity index (χ3n) is 1.91. The lowest BCUT2D eigenvalue weighted by molar-refractivity contribution is -0.108. The molecule has 0 N–H and O–H groups in total. The molecule has 1 saturated heterocycles. The van der Waals surface area contributed by atoms with Crippen LogP contribution in [0.1, 0.15) is 26.7 Å². The summed E-state index contributed by atoms with van der Waals surface area (Å²) in [5, 5.41) is 0.236. The van der Waals surface area contributed by atoms with Crippen LogP contribution in [0, 0.1) is 5.92 Å². The maximum Gasteiger partial charge on any atom is 0.216 e. The largest absolute Gasteiger partial charge is 0.282 e. The van der Waals surface area contributed by atoms with E-state index >= 15 is 0 Å². The van der Waals surface area contributed by atoms with Gasteiger partial charge in [-0.25, -0.2) is 0 Å². The van der Waals surface area contributed by atoms with E-state index in [2.05, 4.69) is 26.5 Å². The molecule has 0 atom stereocenters. The normalized spacial score (nSPS) is 23.2. The fourth-order valence-electron chi connectivity index (χ4n) is 1.18. The molecule has 0 aromatic rings. The third-order valence-corrected chi connectivity index (χ3v) is 3.69. The van der Waals surface area contributed by atoms with E-state index in [-0.39, 0.29) is 5.12 Å². The van der Waals surface area contributed by atoms with Crippen molar-refractivity contribution in [2.24, 2.45) is 5.92 Å². The van der Waals surface area contributed by atoms with Crippen molar-refractivity contribution in [3.8, 4) is 0 Å². The summed E-state index contributed by atoms with van der Waals surface area (Å²) in [6.45, 7) is 4.14. The molecule has 1 rings (SSSR count). The quantitative estimate of drug-likeness (QED) is 0.520. The van der Waals surface area contributed by atoms with Crippen LogP contribution in [0.2, 0.25) is 0 Å². The van der Waals surface area contributed by atoms with Crippen LogP contribution in [0.3, 0.4) is 0 Å². The highest BCUT2D eigenvalue weighted by molar-refractivity contribution is 8.14. The van der Waals surface area contributed by atoms with E-state index < -0.39 is 0 Å². The van der Waals surface area contributed by atoms with Gasteiger partial charge in [-0.3, -0.25) is 4.79 Å². The number of carbonyl (C=O) groups excluding carboxylic acids is 1. The van der Waals surface area contributed by atoms with Crippen molar-refractivity contribution in [1.82, 2.24) is 0 Å². The minimum atomic E-state index is 0.236. The van der Waals surface area contributed by atoms with Crippen molar-refractivity contribution in [3.05, 3.63) is 10.5 Å². The third kappa shape index (κ3) is 2.30. The van der Waals surface area contributed by atoms with E-state index in [4.69, 9.17) is 0 Å². The first kappa shape index (κ1) is 10.2. The summed E-state index contributed by atoms with van der Waals surface area (Å²) < 4.78 is 0. The second-order valence-corrected chi connectivity index (χ2v) is 4.81. The molecule has 0 aliphatic carbocycles. The Labute approximate surface area is 83.4 Å². The first-order valence-electron chi connectivity index (χ1n) is 4.22. The van der Waals surface area contributed by atoms with Crippen LogP contribution in [-0.2, 0) is 4.79 Å². The zero-order valence-electron chi connectivity index (χ0n) is 7.46. The van der Waals surface area contributed by atoms with Gasteiger partial charge in [-0.1, -0.05) is 25.6 Å². The van der Waals surface area contributed by atoms with E-state index in [1.807, 2.05) is 0 Å². The van der Waals surface area contributed by atoms with Gasteiger partial charge >= 0.3 is 0 Å². The van der Waals surface area contributed by atoms with Crippen LogP contribution in [0.25, 0.3) is 0 Å². The van der Waals surface area contributed by atoms with Gasteiger partial charge in [0.1, 0.15) is 0 Å². The number of hydrogen-bond donors (Lipinski definition) is 1. The number of thiol groups is 1. The van der Waals surface area contributed by atoms with E-state index in [0.29, 0.717) is 5.92 Å². The van der Waals surface area contributed by atoms with Gasteiger partial charge in [-0.15, -0.1) is 12.6 Å². The van der Waals surface area contributed by atoms with Crippen molar-refractivity contribution in [2.45, 2.75) is 26.7 Å². The van der Waals surface area contributed by atoms with E-state index in [9.17, 15) is 4.79 Å². The molecule has 0 aromatic carbocycles. The monoisotopic (exact) mass is 202 g/mol. The SMILES string of the molecule is CC(C)/C(S)=C1\CCCSC1=O. The zero-order chi connectivity index (χ0) is 9.14. The second-order valence-electron chi connectivity index (χ2n) is 3.26. The van der Waals surface area contributed by atoms with E-state index in [1.54, 1.807) is 0 Å². The fraction of sp³-hybridized carbons (Fsp3) is 0.667. The Hall–Kier alpha value is 0.110. The number of allylic oxidation sites excluding steroid dienone is 1. The van der Waals surface area contributed by atoms with Crippen LogP contribution in [0.5, 0.6) is 0 Å². The van der Waals surface area contributed by atoms with Gasteiger partial charge in [0.15, 0.2) is 0 Å². The Balaban J connectivity index is 2.83. The van der Waals surface area contributed by atoms with Crippen LogP contribution in [0.15, 0.2) is 10.5 Å². The molecule has 1 aliphatic heterocycles.